The molecule has 0 saturated carbocycles. The molecule has 2 heterocycles. The molecule has 0 unspecified atom stereocenters. The van der Waals surface area contributed by atoms with Crippen molar-refractivity contribution in [1.82, 2.24) is 14.3 Å². The normalized spacial score (nSPS) is 11.5. The van der Waals surface area contributed by atoms with Crippen molar-refractivity contribution in [2.75, 3.05) is 4.31 Å². The lowest BCUT2D eigenvalue weighted by Crippen LogP contribution is -2.40. The van der Waals surface area contributed by atoms with E-state index in [0.717, 1.165) is 5.56 Å². The van der Waals surface area contributed by atoms with Gasteiger partial charge in [0, 0.05) is 24.2 Å². The van der Waals surface area contributed by atoms with Crippen LogP contribution in [0.3, 0.4) is 0 Å². The molecule has 0 aliphatic rings. The summed E-state index contributed by atoms with van der Waals surface area (Å²) in [7, 11) is -2.93. The van der Waals surface area contributed by atoms with Crippen molar-refractivity contribution in [1.29, 1.82) is 0 Å². The number of fused-ring (bicyclic) bond motifs is 1. The average Bonchev–Trinajstić information content (AvgIpc) is 3.12. The fraction of sp³-hybridized carbons (Fsp3) is 0.107. The Morgan fingerprint density at radius 1 is 0.892 bits per heavy atom. The quantitative estimate of drug-likeness (QED) is 0.348. The minimum absolute atomic E-state index is 0.144. The van der Waals surface area contributed by atoms with Gasteiger partial charge in [0.05, 0.1) is 16.9 Å². The number of anilines is 1. The first-order chi connectivity index (χ1) is 17.7. The number of sulfonamides is 1. The van der Waals surface area contributed by atoms with Crippen LogP contribution in [0.5, 0.6) is 0 Å². The van der Waals surface area contributed by atoms with E-state index in [1.165, 1.54) is 23.0 Å². The van der Waals surface area contributed by atoms with Gasteiger partial charge in [-0.05, 0) is 50.2 Å². The van der Waals surface area contributed by atoms with Crippen LogP contribution >= 0.6 is 0 Å². The number of hydrogen-bond acceptors (Lipinski definition) is 5. The molecule has 186 valence electrons. The predicted octanol–water partition coefficient (Wildman–Crippen LogP) is 4.38. The van der Waals surface area contributed by atoms with E-state index in [9.17, 15) is 18.0 Å². The topological polar surface area (TPSA) is 94.3 Å². The summed E-state index contributed by atoms with van der Waals surface area (Å²) in [4.78, 5) is 32.0. The molecule has 5 rings (SSSR count). The Labute approximate surface area is 214 Å². The Morgan fingerprint density at radius 3 is 2.32 bits per heavy atom. The third kappa shape index (κ3) is 4.03. The monoisotopic (exact) mass is 512 g/mol. The van der Waals surface area contributed by atoms with E-state index in [-0.39, 0.29) is 21.7 Å². The van der Waals surface area contributed by atoms with Gasteiger partial charge in [-0.2, -0.15) is 4.31 Å². The Kier molecular flexibility index (Phi) is 6.01. The number of rotatable bonds is 5. The van der Waals surface area contributed by atoms with Crippen LogP contribution in [0.15, 0.2) is 101 Å². The number of aromatic nitrogens is 3. The van der Waals surface area contributed by atoms with Gasteiger partial charge in [-0.15, -0.1) is 0 Å². The maximum atomic E-state index is 14.3. The summed E-state index contributed by atoms with van der Waals surface area (Å²) in [6.45, 7) is 3.42. The molecule has 1 amide bonds. The molecule has 5 aromatic rings. The SMILES string of the molecule is Cc1cccc(C(=O)N(c2c(C)n(C)n(-c3ccccc3)c2=O)S(=O)(=O)c2cccc3cccnc23)c1. The largest absolute Gasteiger partial charge is 0.296 e. The van der Waals surface area contributed by atoms with E-state index in [1.54, 1.807) is 92.3 Å². The highest BCUT2D eigenvalue weighted by molar-refractivity contribution is 7.93. The zero-order chi connectivity index (χ0) is 26.3. The fourth-order valence-corrected chi connectivity index (χ4v) is 6.03. The van der Waals surface area contributed by atoms with Crippen molar-refractivity contribution in [3.63, 3.8) is 0 Å². The Morgan fingerprint density at radius 2 is 1.59 bits per heavy atom. The van der Waals surface area contributed by atoms with Crippen LogP contribution in [0.25, 0.3) is 16.6 Å². The summed E-state index contributed by atoms with van der Waals surface area (Å²) in [6, 6.07) is 23.6. The second-order valence-corrected chi connectivity index (χ2v) is 10.4. The second kappa shape index (κ2) is 9.18. The van der Waals surface area contributed by atoms with E-state index >= 15 is 0 Å². The summed E-state index contributed by atoms with van der Waals surface area (Å²) in [5, 5.41) is 0.595. The highest BCUT2D eigenvalue weighted by Gasteiger charge is 2.38. The maximum absolute atomic E-state index is 14.3. The lowest BCUT2D eigenvalue weighted by Gasteiger charge is -2.22. The van der Waals surface area contributed by atoms with Crippen LogP contribution in [0.2, 0.25) is 0 Å². The molecule has 0 atom stereocenters. The molecule has 37 heavy (non-hydrogen) atoms. The number of nitrogens with zero attached hydrogens (tertiary/aromatic N) is 4. The van der Waals surface area contributed by atoms with Crippen molar-refractivity contribution in [3.05, 3.63) is 118 Å². The van der Waals surface area contributed by atoms with Gasteiger partial charge in [0.25, 0.3) is 21.5 Å². The maximum Gasteiger partial charge on any atom is 0.296 e. The van der Waals surface area contributed by atoms with Crippen molar-refractivity contribution in [3.8, 4) is 5.69 Å². The molecule has 2 aromatic heterocycles. The zero-order valence-corrected chi connectivity index (χ0v) is 21.3. The predicted molar refractivity (Wildman–Crippen MR) is 143 cm³/mol. The van der Waals surface area contributed by atoms with E-state index in [2.05, 4.69) is 4.98 Å². The third-order valence-corrected chi connectivity index (χ3v) is 8.00. The molecule has 0 aliphatic carbocycles. The van der Waals surface area contributed by atoms with Crippen molar-refractivity contribution in [2.24, 2.45) is 7.05 Å². The summed E-state index contributed by atoms with van der Waals surface area (Å²) >= 11 is 0. The first-order valence-corrected chi connectivity index (χ1v) is 13.0. The number of aryl methyl sites for hydroxylation is 1. The molecular weight excluding hydrogens is 488 g/mol. The van der Waals surface area contributed by atoms with Gasteiger partial charge in [-0.25, -0.2) is 13.1 Å². The summed E-state index contributed by atoms with van der Waals surface area (Å²) in [6.07, 6.45) is 1.49. The highest BCUT2D eigenvalue weighted by Crippen LogP contribution is 2.30. The molecule has 3 aromatic carbocycles. The van der Waals surface area contributed by atoms with Crippen LogP contribution in [-0.2, 0) is 17.1 Å². The Balaban J connectivity index is 1.82. The molecular formula is C28H24N4O4S. The number of carbonyl (C=O) groups excluding carboxylic acids is 1. The van der Waals surface area contributed by atoms with E-state index in [4.69, 9.17) is 0 Å². The molecule has 0 saturated heterocycles. The van der Waals surface area contributed by atoms with E-state index in [1.807, 2.05) is 6.07 Å². The molecule has 0 bridgehead atoms. The number of benzene rings is 3. The molecule has 8 nitrogen and oxygen atoms in total. The van der Waals surface area contributed by atoms with Crippen LogP contribution < -0.4 is 9.86 Å². The van der Waals surface area contributed by atoms with E-state index in [0.29, 0.717) is 21.1 Å². The van der Waals surface area contributed by atoms with Gasteiger partial charge in [-0.3, -0.25) is 19.3 Å². The number of carbonyl (C=O) groups is 1. The number of para-hydroxylation sites is 2. The number of hydrogen-bond donors (Lipinski definition) is 0. The molecule has 9 heteroatoms. The molecule has 0 N–H and O–H groups in total. The van der Waals surface area contributed by atoms with E-state index < -0.39 is 21.5 Å². The van der Waals surface area contributed by atoms with Crippen LogP contribution in [0, 0.1) is 13.8 Å². The first kappa shape index (κ1) is 24.2. The summed E-state index contributed by atoms with van der Waals surface area (Å²) in [5.74, 6) is -0.831. The van der Waals surface area contributed by atoms with Crippen LogP contribution in [-0.4, -0.2) is 28.7 Å². The highest BCUT2D eigenvalue weighted by atomic mass is 32.2. The van der Waals surface area contributed by atoms with Crippen molar-refractivity contribution >= 4 is 32.5 Å². The Bertz CT molecular complexity index is 1820. The smallest absolute Gasteiger partial charge is 0.283 e. The Hall–Kier alpha value is -4.50. The summed E-state index contributed by atoms with van der Waals surface area (Å²) < 4.78 is 32.1. The lowest BCUT2D eigenvalue weighted by molar-refractivity contribution is 0.100. The molecule has 0 fully saturated rings. The minimum atomic E-state index is -4.58. The standard InChI is InChI=1S/C28H24N4O4S/c1-19-10-7-12-22(18-19)27(33)32(37(35,36)24-16-8-11-21-13-9-17-29-25(21)24)26-20(2)30(3)31(28(26)34)23-14-5-4-6-15-23/h4-18H,1-3H3. The molecule has 0 radical (unpaired) electrons. The van der Waals surface area contributed by atoms with Gasteiger partial charge in [0.15, 0.2) is 0 Å². The van der Waals surface area contributed by atoms with Gasteiger partial charge in [-0.1, -0.05) is 54.1 Å². The van der Waals surface area contributed by atoms with Crippen LogP contribution in [0.4, 0.5) is 5.69 Å². The summed E-state index contributed by atoms with van der Waals surface area (Å²) in [5.41, 5.74) is 1.11. The average molecular weight is 513 g/mol. The second-order valence-electron chi connectivity index (χ2n) is 8.69. The first-order valence-electron chi connectivity index (χ1n) is 11.6. The fourth-order valence-electron chi connectivity index (χ4n) is 4.40. The van der Waals surface area contributed by atoms with Gasteiger partial charge in [0.2, 0.25) is 0 Å². The zero-order valence-electron chi connectivity index (χ0n) is 20.5. The number of amides is 1. The lowest BCUT2D eigenvalue weighted by atomic mass is 10.1. The number of pyridine rings is 1. The molecule has 0 spiro atoms. The van der Waals surface area contributed by atoms with Gasteiger partial charge < -0.3 is 0 Å². The van der Waals surface area contributed by atoms with Gasteiger partial charge >= 0.3 is 0 Å². The third-order valence-electron chi connectivity index (χ3n) is 6.29. The van der Waals surface area contributed by atoms with Gasteiger partial charge in [0.1, 0.15) is 10.6 Å². The van der Waals surface area contributed by atoms with Crippen LogP contribution in [0.1, 0.15) is 21.6 Å². The van der Waals surface area contributed by atoms with Crippen molar-refractivity contribution < 1.29 is 13.2 Å². The molecule has 0 aliphatic heterocycles. The minimum Gasteiger partial charge on any atom is -0.283 e. The van der Waals surface area contributed by atoms with Crippen molar-refractivity contribution in [2.45, 2.75) is 18.7 Å².